The van der Waals surface area contributed by atoms with Gasteiger partial charge in [0.15, 0.2) is 0 Å². The van der Waals surface area contributed by atoms with Gasteiger partial charge < -0.3 is 20.1 Å². The summed E-state index contributed by atoms with van der Waals surface area (Å²) in [5.41, 5.74) is 0. The highest BCUT2D eigenvalue weighted by Crippen LogP contribution is 2.01. The standard InChI is InChI=1S/C7H16O4/c1-5(3-8)11-7(4-9)6(2)10/h5-10H,3-4H2,1-2H3. The number of ether oxygens (including phenoxy) is 1. The van der Waals surface area contributed by atoms with Gasteiger partial charge in [-0.1, -0.05) is 0 Å². The molecule has 0 aliphatic carbocycles. The molecule has 0 spiro atoms. The molecule has 4 heteroatoms. The largest absolute Gasteiger partial charge is 0.394 e. The molecule has 4 nitrogen and oxygen atoms in total. The van der Waals surface area contributed by atoms with Crippen LogP contribution in [0.15, 0.2) is 0 Å². The molecule has 0 aliphatic heterocycles. The van der Waals surface area contributed by atoms with Gasteiger partial charge in [0, 0.05) is 0 Å². The van der Waals surface area contributed by atoms with E-state index in [1.165, 1.54) is 6.92 Å². The first-order chi connectivity index (χ1) is 5.11. The molecule has 0 aromatic rings. The molecular formula is C7H16O4. The third-order valence-electron chi connectivity index (χ3n) is 1.38. The summed E-state index contributed by atoms with van der Waals surface area (Å²) in [5, 5.41) is 26.2. The minimum Gasteiger partial charge on any atom is -0.394 e. The fourth-order valence-electron chi connectivity index (χ4n) is 0.651. The van der Waals surface area contributed by atoms with Crippen molar-refractivity contribution in [1.29, 1.82) is 0 Å². The van der Waals surface area contributed by atoms with E-state index < -0.39 is 12.2 Å². The number of rotatable bonds is 5. The van der Waals surface area contributed by atoms with Gasteiger partial charge >= 0.3 is 0 Å². The Morgan fingerprint density at radius 2 is 1.73 bits per heavy atom. The maximum atomic E-state index is 8.99. The molecule has 3 N–H and O–H groups in total. The molecule has 0 amide bonds. The average molecular weight is 164 g/mol. The minimum atomic E-state index is -0.714. The number of hydrogen-bond donors (Lipinski definition) is 3. The van der Waals surface area contributed by atoms with E-state index in [0.717, 1.165) is 0 Å². The second kappa shape index (κ2) is 5.49. The summed E-state index contributed by atoms with van der Waals surface area (Å²) < 4.78 is 5.06. The monoisotopic (exact) mass is 164 g/mol. The Bertz CT molecular complexity index is 94.4. The lowest BCUT2D eigenvalue weighted by molar-refractivity contribution is -0.0986. The van der Waals surface area contributed by atoms with E-state index in [1.807, 2.05) is 0 Å². The molecule has 0 fully saturated rings. The maximum Gasteiger partial charge on any atom is 0.107 e. The van der Waals surface area contributed by atoms with Gasteiger partial charge in [-0.2, -0.15) is 0 Å². The molecule has 0 bridgehead atoms. The molecule has 3 atom stereocenters. The first-order valence-electron chi connectivity index (χ1n) is 3.67. The number of aliphatic hydroxyl groups excluding tert-OH is 3. The van der Waals surface area contributed by atoms with Crippen molar-refractivity contribution in [3.05, 3.63) is 0 Å². The Morgan fingerprint density at radius 1 is 1.18 bits per heavy atom. The van der Waals surface area contributed by atoms with Crippen LogP contribution in [-0.4, -0.2) is 46.8 Å². The molecule has 0 aromatic carbocycles. The van der Waals surface area contributed by atoms with E-state index in [1.54, 1.807) is 6.92 Å². The molecule has 0 aliphatic rings. The van der Waals surface area contributed by atoms with Crippen molar-refractivity contribution in [2.45, 2.75) is 32.2 Å². The predicted octanol–water partition coefficient (Wildman–Crippen LogP) is -0.875. The van der Waals surface area contributed by atoms with E-state index in [0.29, 0.717) is 0 Å². The Morgan fingerprint density at radius 3 is 2.00 bits per heavy atom. The zero-order chi connectivity index (χ0) is 8.85. The molecule has 0 saturated heterocycles. The van der Waals surface area contributed by atoms with Gasteiger partial charge in [-0.25, -0.2) is 0 Å². The van der Waals surface area contributed by atoms with E-state index in [4.69, 9.17) is 20.1 Å². The van der Waals surface area contributed by atoms with Crippen LogP contribution in [0.1, 0.15) is 13.8 Å². The van der Waals surface area contributed by atoms with Crippen LogP contribution < -0.4 is 0 Å². The predicted molar refractivity (Wildman–Crippen MR) is 40.2 cm³/mol. The third kappa shape index (κ3) is 4.31. The van der Waals surface area contributed by atoms with Crippen LogP contribution in [0.3, 0.4) is 0 Å². The lowest BCUT2D eigenvalue weighted by atomic mass is 10.2. The van der Waals surface area contributed by atoms with Gasteiger partial charge in [0.1, 0.15) is 6.10 Å². The quantitative estimate of drug-likeness (QED) is 0.494. The van der Waals surface area contributed by atoms with Crippen LogP contribution in [0.4, 0.5) is 0 Å². The second-order valence-corrected chi connectivity index (χ2v) is 2.59. The zero-order valence-corrected chi connectivity index (χ0v) is 6.90. The van der Waals surface area contributed by atoms with Crippen LogP contribution in [0.25, 0.3) is 0 Å². The van der Waals surface area contributed by atoms with Gasteiger partial charge in [-0.05, 0) is 13.8 Å². The van der Waals surface area contributed by atoms with Crippen molar-refractivity contribution < 1.29 is 20.1 Å². The van der Waals surface area contributed by atoms with Gasteiger partial charge in [0.2, 0.25) is 0 Å². The van der Waals surface area contributed by atoms with Gasteiger partial charge in [0.05, 0.1) is 25.4 Å². The van der Waals surface area contributed by atoms with Gasteiger partial charge in [-0.3, -0.25) is 0 Å². The van der Waals surface area contributed by atoms with E-state index in [-0.39, 0.29) is 19.3 Å². The highest BCUT2D eigenvalue weighted by atomic mass is 16.5. The van der Waals surface area contributed by atoms with Crippen LogP contribution in [-0.2, 0) is 4.74 Å². The summed E-state index contributed by atoms with van der Waals surface area (Å²) in [6.07, 6.45) is -1.66. The topological polar surface area (TPSA) is 69.9 Å². The van der Waals surface area contributed by atoms with Crippen molar-refractivity contribution in [3.8, 4) is 0 Å². The minimum absolute atomic E-state index is 0.108. The first-order valence-corrected chi connectivity index (χ1v) is 3.67. The second-order valence-electron chi connectivity index (χ2n) is 2.59. The molecule has 0 heterocycles. The number of hydrogen-bond acceptors (Lipinski definition) is 4. The molecule has 3 unspecified atom stereocenters. The van der Waals surface area contributed by atoms with Crippen molar-refractivity contribution in [2.75, 3.05) is 13.2 Å². The third-order valence-corrected chi connectivity index (χ3v) is 1.38. The lowest BCUT2D eigenvalue weighted by Crippen LogP contribution is -2.34. The molecule has 0 rings (SSSR count). The Hall–Kier alpha value is -0.160. The van der Waals surface area contributed by atoms with E-state index >= 15 is 0 Å². The SMILES string of the molecule is CC(CO)OC(CO)C(C)O. The Kier molecular flexibility index (Phi) is 5.41. The summed E-state index contributed by atoms with van der Waals surface area (Å²) in [5.74, 6) is 0. The highest BCUT2D eigenvalue weighted by molar-refractivity contribution is 4.64. The maximum absolute atomic E-state index is 8.99. The summed E-state index contributed by atoms with van der Waals surface area (Å²) in [4.78, 5) is 0. The van der Waals surface area contributed by atoms with Crippen molar-refractivity contribution >= 4 is 0 Å². The molecule has 0 radical (unpaired) electrons. The molecule has 68 valence electrons. The molecule has 11 heavy (non-hydrogen) atoms. The normalized spacial score (nSPS) is 19.4. The summed E-state index contributed by atoms with van der Waals surface area (Å²) in [6.45, 7) is 2.86. The molecule has 0 aromatic heterocycles. The van der Waals surface area contributed by atoms with Gasteiger partial charge in [0.25, 0.3) is 0 Å². The lowest BCUT2D eigenvalue weighted by Gasteiger charge is -2.21. The van der Waals surface area contributed by atoms with Crippen LogP contribution >= 0.6 is 0 Å². The summed E-state index contributed by atoms with van der Waals surface area (Å²) >= 11 is 0. The summed E-state index contributed by atoms with van der Waals surface area (Å²) in [7, 11) is 0. The zero-order valence-electron chi connectivity index (χ0n) is 6.90. The van der Waals surface area contributed by atoms with Crippen LogP contribution in [0.2, 0.25) is 0 Å². The van der Waals surface area contributed by atoms with Crippen molar-refractivity contribution in [1.82, 2.24) is 0 Å². The Labute approximate surface area is 66.4 Å². The summed E-state index contributed by atoms with van der Waals surface area (Å²) in [6, 6.07) is 0. The fraction of sp³-hybridized carbons (Fsp3) is 1.00. The molecular weight excluding hydrogens is 148 g/mol. The highest BCUT2D eigenvalue weighted by Gasteiger charge is 2.16. The number of aliphatic hydroxyl groups is 3. The van der Waals surface area contributed by atoms with Gasteiger partial charge in [-0.15, -0.1) is 0 Å². The Balaban J connectivity index is 3.68. The average Bonchev–Trinajstić information content (AvgIpc) is 1.99. The van der Waals surface area contributed by atoms with E-state index in [2.05, 4.69) is 0 Å². The fourth-order valence-corrected chi connectivity index (χ4v) is 0.651. The van der Waals surface area contributed by atoms with Crippen molar-refractivity contribution in [3.63, 3.8) is 0 Å². The van der Waals surface area contributed by atoms with E-state index in [9.17, 15) is 0 Å². The van der Waals surface area contributed by atoms with Crippen LogP contribution in [0.5, 0.6) is 0 Å². The van der Waals surface area contributed by atoms with Crippen LogP contribution in [0, 0.1) is 0 Å². The van der Waals surface area contributed by atoms with Crippen molar-refractivity contribution in [2.24, 2.45) is 0 Å². The first kappa shape index (κ1) is 10.8. The smallest absolute Gasteiger partial charge is 0.107 e. The molecule has 0 saturated carbocycles.